The SMILES string of the molecule is Cc1cc(CC2CCCN2)cc2c1OCO2. The number of rotatable bonds is 2. The van der Waals surface area contributed by atoms with E-state index in [-0.39, 0.29) is 0 Å². The second-order valence-corrected chi connectivity index (χ2v) is 4.64. The maximum atomic E-state index is 5.44. The summed E-state index contributed by atoms with van der Waals surface area (Å²) in [4.78, 5) is 0. The van der Waals surface area contributed by atoms with Gasteiger partial charge in [0.1, 0.15) is 0 Å². The second-order valence-electron chi connectivity index (χ2n) is 4.64. The van der Waals surface area contributed by atoms with Crippen molar-refractivity contribution in [3.05, 3.63) is 23.3 Å². The fourth-order valence-corrected chi connectivity index (χ4v) is 2.59. The normalized spacial score (nSPS) is 22.7. The van der Waals surface area contributed by atoms with Gasteiger partial charge < -0.3 is 14.8 Å². The molecule has 2 aliphatic heterocycles. The number of hydrogen-bond donors (Lipinski definition) is 1. The van der Waals surface area contributed by atoms with E-state index in [0.29, 0.717) is 12.8 Å². The van der Waals surface area contributed by atoms with E-state index >= 15 is 0 Å². The van der Waals surface area contributed by atoms with E-state index in [2.05, 4.69) is 24.4 Å². The minimum atomic E-state index is 0.362. The molecule has 0 amide bonds. The molecule has 2 heterocycles. The maximum absolute atomic E-state index is 5.44. The van der Waals surface area contributed by atoms with Gasteiger partial charge in [-0.05, 0) is 49.9 Å². The number of ether oxygens (including phenoxy) is 2. The lowest BCUT2D eigenvalue weighted by Gasteiger charge is -2.11. The molecule has 0 spiro atoms. The highest BCUT2D eigenvalue weighted by atomic mass is 16.7. The molecule has 0 bridgehead atoms. The summed E-state index contributed by atoms with van der Waals surface area (Å²) in [5, 5.41) is 3.52. The van der Waals surface area contributed by atoms with Crippen LogP contribution in [0.4, 0.5) is 0 Å². The van der Waals surface area contributed by atoms with E-state index < -0.39 is 0 Å². The fourth-order valence-electron chi connectivity index (χ4n) is 2.59. The average molecular weight is 219 g/mol. The third kappa shape index (κ3) is 1.76. The second kappa shape index (κ2) is 3.98. The zero-order chi connectivity index (χ0) is 11.0. The quantitative estimate of drug-likeness (QED) is 0.825. The van der Waals surface area contributed by atoms with E-state index in [1.54, 1.807) is 0 Å². The van der Waals surface area contributed by atoms with Gasteiger partial charge in [-0.1, -0.05) is 6.07 Å². The van der Waals surface area contributed by atoms with Crippen molar-refractivity contribution in [1.29, 1.82) is 0 Å². The Hall–Kier alpha value is -1.22. The summed E-state index contributed by atoms with van der Waals surface area (Å²) < 4.78 is 10.9. The van der Waals surface area contributed by atoms with Gasteiger partial charge in [0.2, 0.25) is 6.79 Å². The Morgan fingerprint density at radius 1 is 1.38 bits per heavy atom. The summed E-state index contributed by atoms with van der Waals surface area (Å²) >= 11 is 0. The summed E-state index contributed by atoms with van der Waals surface area (Å²) in [6, 6.07) is 4.97. The van der Waals surface area contributed by atoms with E-state index in [1.165, 1.54) is 24.0 Å². The number of nitrogens with one attached hydrogen (secondary N) is 1. The van der Waals surface area contributed by atoms with Gasteiger partial charge in [-0.3, -0.25) is 0 Å². The van der Waals surface area contributed by atoms with E-state index in [9.17, 15) is 0 Å². The van der Waals surface area contributed by atoms with Gasteiger partial charge in [0.05, 0.1) is 0 Å². The van der Waals surface area contributed by atoms with Crippen molar-refractivity contribution in [2.24, 2.45) is 0 Å². The topological polar surface area (TPSA) is 30.5 Å². The molecular weight excluding hydrogens is 202 g/mol. The van der Waals surface area contributed by atoms with Gasteiger partial charge in [0, 0.05) is 6.04 Å². The molecule has 1 aromatic rings. The predicted molar refractivity (Wildman–Crippen MR) is 62.0 cm³/mol. The lowest BCUT2D eigenvalue weighted by atomic mass is 10.0. The van der Waals surface area contributed by atoms with Crippen LogP contribution in [-0.4, -0.2) is 19.4 Å². The van der Waals surface area contributed by atoms with Gasteiger partial charge in [-0.25, -0.2) is 0 Å². The standard InChI is InChI=1S/C13H17NO2/c1-9-5-10(6-11-3-2-4-14-11)7-12-13(9)16-8-15-12/h5,7,11,14H,2-4,6,8H2,1H3. The summed E-state index contributed by atoms with van der Waals surface area (Å²) in [6.07, 6.45) is 3.68. The highest BCUT2D eigenvalue weighted by Crippen LogP contribution is 2.36. The molecule has 0 radical (unpaired) electrons. The molecule has 2 aliphatic rings. The fraction of sp³-hybridized carbons (Fsp3) is 0.538. The maximum Gasteiger partial charge on any atom is 0.231 e. The van der Waals surface area contributed by atoms with Crippen molar-refractivity contribution in [3.8, 4) is 11.5 Å². The molecule has 0 aromatic heterocycles. The van der Waals surface area contributed by atoms with Crippen molar-refractivity contribution in [3.63, 3.8) is 0 Å². The van der Waals surface area contributed by atoms with E-state index in [1.807, 2.05) is 0 Å². The molecule has 1 saturated heterocycles. The Balaban J connectivity index is 1.82. The molecular formula is C13H17NO2. The Morgan fingerprint density at radius 3 is 3.12 bits per heavy atom. The number of aryl methyl sites for hydroxylation is 1. The first-order valence-corrected chi connectivity index (χ1v) is 5.95. The zero-order valence-corrected chi connectivity index (χ0v) is 9.58. The lowest BCUT2D eigenvalue weighted by Crippen LogP contribution is -2.23. The van der Waals surface area contributed by atoms with E-state index in [0.717, 1.165) is 24.5 Å². The molecule has 3 heteroatoms. The lowest BCUT2D eigenvalue weighted by molar-refractivity contribution is 0.173. The van der Waals surface area contributed by atoms with Crippen LogP contribution in [0.1, 0.15) is 24.0 Å². The molecule has 3 nitrogen and oxygen atoms in total. The van der Waals surface area contributed by atoms with Crippen molar-refractivity contribution in [2.75, 3.05) is 13.3 Å². The van der Waals surface area contributed by atoms with Gasteiger partial charge in [-0.15, -0.1) is 0 Å². The van der Waals surface area contributed by atoms with Crippen LogP contribution in [0.2, 0.25) is 0 Å². The summed E-state index contributed by atoms with van der Waals surface area (Å²) in [5.74, 6) is 1.83. The summed E-state index contributed by atoms with van der Waals surface area (Å²) in [7, 11) is 0. The van der Waals surface area contributed by atoms with Crippen molar-refractivity contribution >= 4 is 0 Å². The molecule has 3 rings (SSSR count). The van der Waals surface area contributed by atoms with E-state index in [4.69, 9.17) is 9.47 Å². The third-order valence-corrected chi connectivity index (χ3v) is 3.36. The molecule has 1 atom stereocenters. The first kappa shape index (κ1) is 9.97. The van der Waals surface area contributed by atoms with Crippen molar-refractivity contribution < 1.29 is 9.47 Å². The predicted octanol–water partition coefficient (Wildman–Crippen LogP) is 2.02. The van der Waals surface area contributed by atoms with Crippen LogP contribution < -0.4 is 14.8 Å². The third-order valence-electron chi connectivity index (χ3n) is 3.36. The summed E-state index contributed by atoms with van der Waals surface area (Å²) in [6.45, 7) is 3.61. The Bertz CT molecular complexity index is 397. The Morgan fingerprint density at radius 2 is 2.31 bits per heavy atom. The molecule has 1 unspecified atom stereocenters. The van der Waals surface area contributed by atoms with Crippen LogP contribution in [-0.2, 0) is 6.42 Å². The number of benzene rings is 1. The molecule has 86 valence electrons. The molecule has 0 saturated carbocycles. The monoisotopic (exact) mass is 219 g/mol. The molecule has 16 heavy (non-hydrogen) atoms. The number of hydrogen-bond acceptors (Lipinski definition) is 3. The largest absolute Gasteiger partial charge is 0.454 e. The average Bonchev–Trinajstić information content (AvgIpc) is 2.87. The smallest absolute Gasteiger partial charge is 0.231 e. The van der Waals surface area contributed by atoms with Crippen molar-refractivity contribution in [2.45, 2.75) is 32.2 Å². The minimum absolute atomic E-state index is 0.362. The van der Waals surface area contributed by atoms with Gasteiger partial charge in [0.15, 0.2) is 11.5 Å². The molecule has 0 aliphatic carbocycles. The van der Waals surface area contributed by atoms with Gasteiger partial charge >= 0.3 is 0 Å². The van der Waals surface area contributed by atoms with Crippen LogP contribution in [0.5, 0.6) is 11.5 Å². The van der Waals surface area contributed by atoms with Crippen LogP contribution in [0.3, 0.4) is 0 Å². The highest BCUT2D eigenvalue weighted by molar-refractivity contribution is 5.50. The number of fused-ring (bicyclic) bond motifs is 1. The zero-order valence-electron chi connectivity index (χ0n) is 9.58. The Kier molecular flexibility index (Phi) is 2.48. The van der Waals surface area contributed by atoms with Crippen LogP contribution in [0.25, 0.3) is 0 Å². The van der Waals surface area contributed by atoms with Crippen LogP contribution in [0, 0.1) is 6.92 Å². The molecule has 1 aromatic carbocycles. The Labute approximate surface area is 95.8 Å². The molecule has 1 N–H and O–H groups in total. The first-order valence-electron chi connectivity index (χ1n) is 5.95. The minimum Gasteiger partial charge on any atom is -0.454 e. The van der Waals surface area contributed by atoms with Gasteiger partial charge in [-0.2, -0.15) is 0 Å². The summed E-state index contributed by atoms with van der Waals surface area (Å²) in [5.41, 5.74) is 2.53. The van der Waals surface area contributed by atoms with Crippen LogP contribution in [0.15, 0.2) is 12.1 Å². The molecule has 1 fully saturated rings. The first-order chi connectivity index (χ1) is 7.83. The highest BCUT2D eigenvalue weighted by Gasteiger charge is 2.19. The van der Waals surface area contributed by atoms with Gasteiger partial charge in [0.25, 0.3) is 0 Å². The van der Waals surface area contributed by atoms with Crippen LogP contribution >= 0.6 is 0 Å². The van der Waals surface area contributed by atoms with Crippen molar-refractivity contribution in [1.82, 2.24) is 5.32 Å².